The van der Waals surface area contributed by atoms with Crippen molar-refractivity contribution in [3.8, 4) is 0 Å². The quantitative estimate of drug-likeness (QED) is 0.896. The summed E-state index contributed by atoms with van der Waals surface area (Å²) in [5.41, 5.74) is 3.14. The SMILES string of the molecule is CCNCC(C)c1c(C)nc(C2CCS(=O)(=O)C2)nc1C. The van der Waals surface area contributed by atoms with Gasteiger partial charge in [-0.25, -0.2) is 18.4 Å². The fraction of sp³-hybridized carbons (Fsp3) is 0.733. The van der Waals surface area contributed by atoms with Crippen LogP contribution in [0.1, 0.15) is 54.9 Å². The van der Waals surface area contributed by atoms with Gasteiger partial charge in [0, 0.05) is 23.9 Å². The molecule has 21 heavy (non-hydrogen) atoms. The van der Waals surface area contributed by atoms with Crippen molar-refractivity contribution in [1.29, 1.82) is 0 Å². The number of aryl methyl sites for hydroxylation is 2. The standard InChI is InChI=1S/C15H25N3O2S/c1-5-16-8-10(2)14-11(3)17-15(18-12(14)4)13-6-7-21(19,20)9-13/h10,13,16H,5-9H2,1-4H3. The maximum absolute atomic E-state index is 11.6. The number of sulfone groups is 1. The summed E-state index contributed by atoms with van der Waals surface area (Å²) in [7, 11) is -2.90. The normalized spacial score (nSPS) is 22.4. The van der Waals surface area contributed by atoms with E-state index in [2.05, 4.69) is 29.1 Å². The van der Waals surface area contributed by atoms with Gasteiger partial charge in [-0.3, -0.25) is 0 Å². The van der Waals surface area contributed by atoms with Crippen molar-refractivity contribution in [2.45, 2.75) is 46.0 Å². The number of aromatic nitrogens is 2. The molecule has 0 amide bonds. The summed E-state index contributed by atoms with van der Waals surface area (Å²) >= 11 is 0. The van der Waals surface area contributed by atoms with Gasteiger partial charge in [-0.15, -0.1) is 0 Å². The molecule has 1 aliphatic rings. The Kier molecular flexibility index (Phi) is 4.99. The summed E-state index contributed by atoms with van der Waals surface area (Å²) in [6, 6.07) is 0. The van der Waals surface area contributed by atoms with Crippen LogP contribution in [-0.2, 0) is 9.84 Å². The summed E-state index contributed by atoms with van der Waals surface area (Å²) in [6.45, 7) is 10.1. The molecule has 0 bridgehead atoms. The van der Waals surface area contributed by atoms with Gasteiger partial charge in [-0.05, 0) is 38.3 Å². The number of hydrogen-bond acceptors (Lipinski definition) is 5. The second-order valence-corrected chi connectivity index (χ2v) is 8.20. The van der Waals surface area contributed by atoms with Gasteiger partial charge in [-0.1, -0.05) is 13.8 Å². The van der Waals surface area contributed by atoms with Crippen molar-refractivity contribution < 1.29 is 8.42 Å². The molecule has 0 saturated carbocycles. The van der Waals surface area contributed by atoms with E-state index in [1.165, 1.54) is 5.56 Å². The zero-order valence-electron chi connectivity index (χ0n) is 13.3. The Hall–Kier alpha value is -1.01. The molecule has 2 unspecified atom stereocenters. The van der Waals surface area contributed by atoms with Crippen molar-refractivity contribution in [2.75, 3.05) is 24.6 Å². The third kappa shape index (κ3) is 3.80. The van der Waals surface area contributed by atoms with E-state index in [1.54, 1.807) is 0 Å². The molecule has 1 aliphatic heterocycles. The van der Waals surface area contributed by atoms with E-state index in [0.717, 1.165) is 24.5 Å². The second kappa shape index (κ2) is 6.40. The third-order valence-electron chi connectivity index (χ3n) is 4.13. The molecule has 0 aromatic carbocycles. The summed E-state index contributed by atoms with van der Waals surface area (Å²) < 4.78 is 23.2. The number of hydrogen-bond donors (Lipinski definition) is 1. The maximum Gasteiger partial charge on any atom is 0.151 e. The van der Waals surface area contributed by atoms with E-state index < -0.39 is 9.84 Å². The number of rotatable bonds is 5. The summed E-state index contributed by atoms with van der Waals surface area (Å²) in [5.74, 6) is 1.47. The highest BCUT2D eigenvalue weighted by atomic mass is 32.2. The maximum atomic E-state index is 11.6. The Bertz CT molecular complexity index is 590. The third-order valence-corrected chi connectivity index (χ3v) is 5.90. The monoisotopic (exact) mass is 311 g/mol. The van der Waals surface area contributed by atoms with Gasteiger partial charge in [0.15, 0.2) is 9.84 Å². The molecule has 0 spiro atoms. The smallest absolute Gasteiger partial charge is 0.151 e. The van der Waals surface area contributed by atoms with E-state index in [1.807, 2.05) is 13.8 Å². The van der Waals surface area contributed by atoms with Gasteiger partial charge in [0.05, 0.1) is 11.5 Å². The lowest BCUT2D eigenvalue weighted by Crippen LogP contribution is -2.22. The summed E-state index contributed by atoms with van der Waals surface area (Å²) in [5, 5.41) is 3.35. The first-order valence-electron chi connectivity index (χ1n) is 7.60. The fourth-order valence-corrected chi connectivity index (χ4v) is 4.85. The van der Waals surface area contributed by atoms with Crippen LogP contribution in [0.15, 0.2) is 0 Å². The minimum atomic E-state index is -2.90. The topological polar surface area (TPSA) is 72.0 Å². The minimum absolute atomic E-state index is 0.0366. The van der Waals surface area contributed by atoms with Crippen LogP contribution in [0.4, 0.5) is 0 Å². The predicted octanol–water partition coefficient (Wildman–Crippen LogP) is 1.71. The average Bonchev–Trinajstić information content (AvgIpc) is 2.76. The molecule has 6 heteroatoms. The van der Waals surface area contributed by atoms with Crippen LogP contribution in [-0.4, -0.2) is 43.0 Å². The molecule has 0 aliphatic carbocycles. The Balaban J connectivity index is 2.25. The summed E-state index contributed by atoms with van der Waals surface area (Å²) in [6.07, 6.45) is 0.646. The first-order chi connectivity index (χ1) is 9.84. The van der Waals surface area contributed by atoms with E-state index >= 15 is 0 Å². The summed E-state index contributed by atoms with van der Waals surface area (Å²) in [4.78, 5) is 9.21. The number of nitrogens with one attached hydrogen (secondary N) is 1. The molecule has 1 N–H and O–H groups in total. The van der Waals surface area contributed by atoms with Gasteiger partial charge >= 0.3 is 0 Å². The number of nitrogens with zero attached hydrogens (tertiary/aromatic N) is 2. The average molecular weight is 311 g/mol. The van der Waals surface area contributed by atoms with Crippen LogP contribution in [0.3, 0.4) is 0 Å². The van der Waals surface area contributed by atoms with Crippen LogP contribution in [0.2, 0.25) is 0 Å². The highest BCUT2D eigenvalue weighted by Gasteiger charge is 2.31. The Morgan fingerprint density at radius 3 is 2.38 bits per heavy atom. The van der Waals surface area contributed by atoms with Crippen molar-refractivity contribution in [1.82, 2.24) is 15.3 Å². The minimum Gasteiger partial charge on any atom is -0.316 e. The van der Waals surface area contributed by atoms with Crippen LogP contribution in [0, 0.1) is 13.8 Å². The predicted molar refractivity (Wildman–Crippen MR) is 84.5 cm³/mol. The van der Waals surface area contributed by atoms with E-state index in [4.69, 9.17) is 0 Å². The molecule has 5 nitrogen and oxygen atoms in total. The fourth-order valence-electron chi connectivity index (χ4n) is 3.11. The van der Waals surface area contributed by atoms with Gasteiger partial charge in [0.1, 0.15) is 5.82 Å². The van der Waals surface area contributed by atoms with Crippen LogP contribution >= 0.6 is 0 Å². The molecular weight excluding hydrogens is 286 g/mol. The van der Waals surface area contributed by atoms with Gasteiger partial charge < -0.3 is 5.32 Å². The molecule has 118 valence electrons. The zero-order chi connectivity index (χ0) is 15.6. The molecule has 1 aromatic heterocycles. The van der Waals surface area contributed by atoms with Gasteiger partial charge in [0.25, 0.3) is 0 Å². The van der Waals surface area contributed by atoms with Crippen molar-refractivity contribution >= 4 is 9.84 Å². The molecule has 0 radical (unpaired) electrons. The highest BCUT2D eigenvalue weighted by Crippen LogP contribution is 2.29. The van der Waals surface area contributed by atoms with Crippen LogP contribution in [0.5, 0.6) is 0 Å². The Labute approximate surface area is 127 Å². The first kappa shape index (κ1) is 16.4. The lowest BCUT2D eigenvalue weighted by atomic mass is 9.97. The molecule has 1 aromatic rings. The van der Waals surface area contributed by atoms with Crippen LogP contribution in [0.25, 0.3) is 0 Å². The molecule has 2 heterocycles. The molecule has 1 saturated heterocycles. The van der Waals surface area contributed by atoms with Gasteiger partial charge in [-0.2, -0.15) is 0 Å². The zero-order valence-corrected chi connectivity index (χ0v) is 14.1. The van der Waals surface area contributed by atoms with Crippen molar-refractivity contribution in [2.24, 2.45) is 0 Å². The number of likely N-dealkylation sites (N-methyl/N-ethyl adjacent to an activating group) is 1. The lowest BCUT2D eigenvalue weighted by Gasteiger charge is -2.18. The van der Waals surface area contributed by atoms with Crippen LogP contribution < -0.4 is 5.32 Å². The van der Waals surface area contributed by atoms with E-state index in [9.17, 15) is 8.42 Å². The molecule has 2 rings (SSSR count). The Morgan fingerprint density at radius 1 is 1.29 bits per heavy atom. The largest absolute Gasteiger partial charge is 0.316 e. The van der Waals surface area contributed by atoms with Gasteiger partial charge in [0.2, 0.25) is 0 Å². The van der Waals surface area contributed by atoms with Crippen molar-refractivity contribution in [3.05, 3.63) is 22.8 Å². The Morgan fingerprint density at radius 2 is 1.90 bits per heavy atom. The van der Waals surface area contributed by atoms with E-state index in [-0.39, 0.29) is 17.4 Å². The second-order valence-electron chi connectivity index (χ2n) is 5.97. The lowest BCUT2D eigenvalue weighted by molar-refractivity contribution is 0.600. The first-order valence-corrected chi connectivity index (χ1v) is 9.42. The van der Waals surface area contributed by atoms with E-state index in [0.29, 0.717) is 18.2 Å². The molecule has 2 atom stereocenters. The highest BCUT2D eigenvalue weighted by molar-refractivity contribution is 7.91. The van der Waals surface area contributed by atoms with Crippen molar-refractivity contribution in [3.63, 3.8) is 0 Å². The molecular formula is C15H25N3O2S. The molecule has 1 fully saturated rings.